The molecule has 30 heavy (non-hydrogen) atoms. The first kappa shape index (κ1) is 19.9. The second kappa shape index (κ2) is 8.98. The highest BCUT2D eigenvalue weighted by molar-refractivity contribution is 5.93. The summed E-state index contributed by atoms with van der Waals surface area (Å²) in [6.45, 7) is 3.44. The first-order valence-corrected chi connectivity index (χ1v) is 10.3. The molecule has 156 valence electrons. The number of nitrogens with zero attached hydrogens (tertiary/aromatic N) is 3. The molecule has 0 radical (unpaired) electrons. The second-order valence-corrected chi connectivity index (χ2v) is 7.41. The molecule has 2 heterocycles. The zero-order valence-electron chi connectivity index (χ0n) is 17.3. The third-order valence-corrected chi connectivity index (χ3v) is 5.48. The van der Waals surface area contributed by atoms with Crippen LogP contribution in [0.25, 0.3) is 11.4 Å². The number of carbonyl (C=O) groups excluding carboxylic acids is 1. The van der Waals surface area contributed by atoms with E-state index >= 15 is 0 Å². The van der Waals surface area contributed by atoms with Gasteiger partial charge in [0.05, 0.1) is 13.0 Å². The number of anilines is 2. The van der Waals surface area contributed by atoms with Gasteiger partial charge in [-0.15, -0.1) is 0 Å². The normalized spacial score (nSPS) is 16.3. The van der Waals surface area contributed by atoms with Gasteiger partial charge in [-0.3, -0.25) is 4.79 Å². The third kappa shape index (κ3) is 4.30. The number of ether oxygens (including phenoxy) is 1. The van der Waals surface area contributed by atoms with Gasteiger partial charge < -0.3 is 19.5 Å². The quantitative estimate of drug-likeness (QED) is 0.662. The molecule has 0 bridgehead atoms. The van der Waals surface area contributed by atoms with Crippen molar-refractivity contribution in [2.24, 2.45) is 5.92 Å². The van der Waals surface area contributed by atoms with Crippen molar-refractivity contribution in [1.29, 1.82) is 0 Å². The molecule has 0 aliphatic carbocycles. The van der Waals surface area contributed by atoms with E-state index < -0.39 is 0 Å². The van der Waals surface area contributed by atoms with Crippen LogP contribution in [0.5, 0.6) is 5.75 Å². The van der Waals surface area contributed by atoms with Crippen LogP contribution >= 0.6 is 0 Å². The van der Waals surface area contributed by atoms with E-state index in [9.17, 15) is 4.79 Å². The molecule has 1 saturated heterocycles. The Morgan fingerprint density at radius 2 is 2.03 bits per heavy atom. The largest absolute Gasteiger partial charge is 0.497 e. The van der Waals surface area contributed by atoms with Crippen molar-refractivity contribution in [3.05, 3.63) is 54.1 Å². The van der Waals surface area contributed by atoms with Gasteiger partial charge in [-0.2, -0.15) is 4.98 Å². The minimum atomic E-state index is -0.125. The van der Waals surface area contributed by atoms with Crippen LogP contribution in [-0.2, 0) is 11.2 Å². The highest BCUT2D eigenvalue weighted by Crippen LogP contribution is 2.27. The van der Waals surface area contributed by atoms with E-state index in [1.165, 1.54) is 0 Å². The maximum absolute atomic E-state index is 12.9. The Morgan fingerprint density at radius 1 is 1.23 bits per heavy atom. The summed E-state index contributed by atoms with van der Waals surface area (Å²) in [4.78, 5) is 19.4. The molecule has 1 amide bonds. The molecule has 1 aliphatic heterocycles. The van der Waals surface area contributed by atoms with E-state index in [0.717, 1.165) is 48.4 Å². The molecule has 1 unspecified atom stereocenters. The minimum Gasteiger partial charge on any atom is -0.497 e. The van der Waals surface area contributed by atoms with Gasteiger partial charge >= 0.3 is 6.01 Å². The molecule has 1 aliphatic rings. The van der Waals surface area contributed by atoms with Crippen molar-refractivity contribution in [3.63, 3.8) is 0 Å². The standard InChI is InChI=1S/C23H26N4O3/c1-3-16-7-4-5-9-20(16)24-22(28)18-8-6-14-27(15-18)23-25-21(26-30-23)17-10-12-19(29-2)13-11-17/h4-5,7,9-13,18H,3,6,8,14-15H2,1-2H3,(H,24,28). The number of carbonyl (C=O) groups is 1. The van der Waals surface area contributed by atoms with Crippen LogP contribution in [0, 0.1) is 5.92 Å². The second-order valence-electron chi connectivity index (χ2n) is 7.41. The van der Waals surface area contributed by atoms with Gasteiger partial charge in [0.15, 0.2) is 0 Å². The molecule has 3 aromatic rings. The molecule has 0 spiro atoms. The molecule has 2 aromatic carbocycles. The molecular formula is C23H26N4O3. The molecule has 1 aromatic heterocycles. The van der Waals surface area contributed by atoms with E-state index in [2.05, 4.69) is 22.4 Å². The Labute approximate surface area is 176 Å². The first-order valence-electron chi connectivity index (χ1n) is 10.3. The topological polar surface area (TPSA) is 80.5 Å². The van der Waals surface area contributed by atoms with Crippen molar-refractivity contribution in [3.8, 4) is 17.1 Å². The molecule has 1 N–H and O–H groups in total. The van der Waals surface area contributed by atoms with Gasteiger partial charge in [-0.25, -0.2) is 0 Å². The van der Waals surface area contributed by atoms with E-state index in [1.807, 2.05) is 53.4 Å². The fraction of sp³-hybridized carbons (Fsp3) is 0.348. The molecular weight excluding hydrogens is 380 g/mol. The van der Waals surface area contributed by atoms with E-state index in [-0.39, 0.29) is 11.8 Å². The summed E-state index contributed by atoms with van der Waals surface area (Å²) in [6, 6.07) is 15.9. The number of aromatic nitrogens is 2. The van der Waals surface area contributed by atoms with Crippen LogP contribution in [0.15, 0.2) is 53.1 Å². The van der Waals surface area contributed by atoms with Crippen molar-refractivity contribution in [2.45, 2.75) is 26.2 Å². The van der Waals surface area contributed by atoms with Crippen LogP contribution in [0.4, 0.5) is 11.7 Å². The Morgan fingerprint density at radius 3 is 2.80 bits per heavy atom. The number of amides is 1. The number of methoxy groups -OCH3 is 1. The van der Waals surface area contributed by atoms with Crippen molar-refractivity contribution >= 4 is 17.6 Å². The smallest absolute Gasteiger partial charge is 0.324 e. The zero-order chi connectivity index (χ0) is 20.9. The van der Waals surface area contributed by atoms with Crippen molar-refractivity contribution < 1.29 is 14.1 Å². The molecule has 7 heteroatoms. The summed E-state index contributed by atoms with van der Waals surface area (Å²) in [5.74, 6) is 1.21. The van der Waals surface area contributed by atoms with Crippen LogP contribution < -0.4 is 15.0 Å². The predicted octanol–water partition coefficient (Wildman–Crippen LogP) is 4.16. The SMILES string of the molecule is CCc1ccccc1NC(=O)C1CCCN(c2nc(-c3ccc(OC)cc3)no2)C1. The van der Waals surface area contributed by atoms with Gasteiger partial charge in [0, 0.05) is 24.3 Å². The fourth-order valence-electron chi connectivity index (χ4n) is 3.75. The van der Waals surface area contributed by atoms with Gasteiger partial charge in [-0.05, 0) is 55.2 Å². The lowest BCUT2D eigenvalue weighted by molar-refractivity contribution is -0.120. The Bertz CT molecular complexity index is 1000. The van der Waals surface area contributed by atoms with Crippen LogP contribution in [0.3, 0.4) is 0 Å². The lowest BCUT2D eigenvalue weighted by atomic mass is 9.97. The summed E-state index contributed by atoms with van der Waals surface area (Å²) >= 11 is 0. The molecule has 0 saturated carbocycles. The van der Waals surface area contributed by atoms with E-state index in [1.54, 1.807) is 7.11 Å². The Kier molecular flexibility index (Phi) is 5.97. The summed E-state index contributed by atoms with van der Waals surface area (Å²) in [6.07, 6.45) is 2.62. The summed E-state index contributed by atoms with van der Waals surface area (Å²) in [5, 5.41) is 7.21. The number of piperidine rings is 1. The van der Waals surface area contributed by atoms with Gasteiger partial charge in [0.1, 0.15) is 5.75 Å². The molecule has 1 atom stereocenters. The average molecular weight is 406 g/mol. The summed E-state index contributed by atoms with van der Waals surface area (Å²) in [7, 11) is 1.63. The Balaban J connectivity index is 1.43. The monoisotopic (exact) mass is 406 g/mol. The molecule has 1 fully saturated rings. The number of hydrogen-bond donors (Lipinski definition) is 1. The van der Waals surface area contributed by atoms with Gasteiger partial charge in [-0.1, -0.05) is 30.3 Å². The summed E-state index contributed by atoms with van der Waals surface area (Å²) in [5.41, 5.74) is 2.88. The highest BCUT2D eigenvalue weighted by atomic mass is 16.5. The summed E-state index contributed by atoms with van der Waals surface area (Å²) < 4.78 is 10.7. The number of aryl methyl sites for hydroxylation is 1. The van der Waals surface area contributed by atoms with Crippen molar-refractivity contribution in [1.82, 2.24) is 10.1 Å². The maximum atomic E-state index is 12.9. The van der Waals surface area contributed by atoms with Gasteiger partial charge in [0.2, 0.25) is 11.7 Å². The average Bonchev–Trinajstić information content (AvgIpc) is 3.30. The molecule has 4 rings (SSSR count). The van der Waals surface area contributed by atoms with Crippen LogP contribution in [-0.4, -0.2) is 36.2 Å². The molecule has 7 nitrogen and oxygen atoms in total. The van der Waals surface area contributed by atoms with Crippen LogP contribution in [0.2, 0.25) is 0 Å². The van der Waals surface area contributed by atoms with E-state index in [4.69, 9.17) is 9.26 Å². The lowest BCUT2D eigenvalue weighted by Gasteiger charge is -2.30. The lowest BCUT2D eigenvalue weighted by Crippen LogP contribution is -2.41. The van der Waals surface area contributed by atoms with Crippen LogP contribution in [0.1, 0.15) is 25.3 Å². The van der Waals surface area contributed by atoms with Crippen molar-refractivity contribution in [2.75, 3.05) is 30.4 Å². The number of rotatable bonds is 6. The fourth-order valence-corrected chi connectivity index (χ4v) is 3.75. The number of hydrogen-bond acceptors (Lipinski definition) is 6. The third-order valence-electron chi connectivity index (χ3n) is 5.48. The number of para-hydroxylation sites is 1. The first-order chi connectivity index (χ1) is 14.7. The number of nitrogens with one attached hydrogen (secondary N) is 1. The number of benzene rings is 2. The predicted molar refractivity (Wildman–Crippen MR) is 116 cm³/mol. The minimum absolute atomic E-state index is 0.0375. The van der Waals surface area contributed by atoms with E-state index in [0.29, 0.717) is 18.4 Å². The zero-order valence-corrected chi connectivity index (χ0v) is 17.3. The van der Waals surface area contributed by atoms with Gasteiger partial charge in [0.25, 0.3) is 0 Å². The highest BCUT2D eigenvalue weighted by Gasteiger charge is 2.29. The maximum Gasteiger partial charge on any atom is 0.324 e. The Hall–Kier alpha value is -3.35.